The van der Waals surface area contributed by atoms with Crippen molar-refractivity contribution >= 4 is 16.5 Å². The Balaban J connectivity index is 1.96. The highest BCUT2D eigenvalue weighted by molar-refractivity contribution is 7.15. The molecule has 2 unspecified atom stereocenters. The predicted octanol–water partition coefficient (Wildman–Crippen LogP) is 1.05. The first-order valence-corrected chi connectivity index (χ1v) is 6.03. The zero-order valence-corrected chi connectivity index (χ0v) is 9.92. The van der Waals surface area contributed by atoms with Gasteiger partial charge in [-0.25, -0.2) is 5.84 Å². The number of nitrogens with two attached hydrogens (primary N) is 1. The molecule has 0 saturated carbocycles. The van der Waals surface area contributed by atoms with Crippen molar-refractivity contribution in [3.63, 3.8) is 0 Å². The first-order valence-electron chi connectivity index (χ1n) is 5.22. The van der Waals surface area contributed by atoms with E-state index in [9.17, 15) is 0 Å². The minimum atomic E-state index is 0.651. The predicted molar refractivity (Wildman–Crippen MR) is 61.4 cm³/mol. The maximum Gasteiger partial charge on any atom is 0.219 e. The van der Waals surface area contributed by atoms with Gasteiger partial charge < -0.3 is 0 Å². The minimum absolute atomic E-state index is 0.651. The number of nitrogen functional groups attached to an aromatic ring is 1. The number of hydrazine groups is 1. The molecule has 5 nitrogen and oxygen atoms in total. The number of nitrogens with zero attached hydrogens (tertiary/aromatic N) is 3. The number of hydrogen-bond donors (Lipinski definition) is 2. The summed E-state index contributed by atoms with van der Waals surface area (Å²) in [5, 5.41) is 9.74. The Labute approximate surface area is 93.6 Å². The molecule has 0 aromatic carbocycles. The maximum atomic E-state index is 5.26. The van der Waals surface area contributed by atoms with Gasteiger partial charge in [0, 0.05) is 12.6 Å². The van der Waals surface area contributed by atoms with Gasteiger partial charge in [0.1, 0.15) is 5.01 Å². The second kappa shape index (κ2) is 4.42. The van der Waals surface area contributed by atoms with Crippen molar-refractivity contribution in [2.24, 2.45) is 11.8 Å². The van der Waals surface area contributed by atoms with Crippen LogP contribution < -0.4 is 11.3 Å². The number of rotatable bonds is 3. The summed E-state index contributed by atoms with van der Waals surface area (Å²) in [5.74, 6) is 6.06. The molecule has 1 aliphatic rings. The van der Waals surface area contributed by atoms with Crippen molar-refractivity contribution in [3.8, 4) is 0 Å². The number of likely N-dealkylation sites (tertiary alicyclic amines) is 1. The smallest absolute Gasteiger partial charge is 0.219 e. The van der Waals surface area contributed by atoms with Gasteiger partial charge in [-0.1, -0.05) is 18.3 Å². The molecule has 1 aliphatic heterocycles. The van der Waals surface area contributed by atoms with Gasteiger partial charge in [-0.2, -0.15) is 0 Å². The van der Waals surface area contributed by atoms with E-state index in [2.05, 4.69) is 34.4 Å². The molecule has 1 aromatic rings. The number of aromatic nitrogens is 2. The Kier molecular flexibility index (Phi) is 3.18. The molecule has 2 atom stereocenters. The minimum Gasteiger partial charge on any atom is -0.298 e. The van der Waals surface area contributed by atoms with E-state index in [0.29, 0.717) is 11.2 Å². The third kappa shape index (κ3) is 2.45. The number of hydrogen-bond acceptors (Lipinski definition) is 6. The highest BCUT2D eigenvalue weighted by atomic mass is 32.1. The van der Waals surface area contributed by atoms with Crippen LogP contribution in [-0.2, 0) is 6.54 Å². The molecule has 2 rings (SSSR count). The van der Waals surface area contributed by atoms with Gasteiger partial charge in [-0.15, -0.1) is 10.2 Å². The van der Waals surface area contributed by atoms with Crippen molar-refractivity contribution in [1.29, 1.82) is 0 Å². The number of anilines is 1. The molecule has 1 saturated heterocycles. The van der Waals surface area contributed by atoms with Gasteiger partial charge in [0.05, 0.1) is 6.54 Å². The van der Waals surface area contributed by atoms with Crippen LogP contribution in [0.25, 0.3) is 0 Å². The topological polar surface area (TPSA) is 67.1 Å². The van der Waals surface area contributed by atoms with E-state index in [0.717, 1.165) is 24.0 Å². The van der Waals surface area contributed by atoms with E-state index < -0.39 is 0 Å². The SMILES string of the molecule is CC1CC(C)N(Cc2nnc(NN)s2)C1. The normalized spacial score (nSPS) is 27.1. The van der Waals surface area contributed by atoms with Crippen LogP contribution >= 0.6 is 11.3 Å². The molecule has 0 bridgehead atoms. The zero-order chi connectivity index (χ0) is 10.8. The quantitative estimate of drug-likeness (QED) is 0.597. The van der Waals surface area contributed by atoms with Gasteiger partial charge in [-0.3, -0.25) is 10.3 Å². The maximum absolute atomic E-state index is 5.26. The van der Waals surface area contributed by atoms with E-state index in [1.807, 2.05) is 0 Å². The molecule has 15 heavy (non-hydrogen) atoms. The Morgan fingerprint density at radius 3 is 2.87 bits per heavy atom. The van der Waals surface area contributed by atoms with Crippen LogP contribution in [-0.4, -0.2) is 27.7 Å². The summed E-state index contributed by atoms with van der Waals surface area (Å²) in [5.41, 5.74) is 2.52. The third-order valence-corrected chi connectivity index (χ3v) is 3.68. The fourth-order valence-electron chi connectivity index (χ4n) is 2.16. The van der Waals surface area contributed by atoms with Crippen molar-refractivity contribution in [2.75, 3.05) is 12.0 Å². The largest absolute Gasteiger partial charge is 0.298 e. The van der Waals surface area contributed by atoms with E-state index >= 15 is 0 Å². The summed E-state index contributed by atoms with van der Waals surface area (Å²) in [4.78, 5) is 2.45. The average molecular weight is 227 g/mol. The fourth-order valence-corrected chi connectivity index (χ4v) is 2.83. The Morgan fingerprint density at radius 1 is 1.53 bits per heavy atom. The van der Waals surface area contributed by atoms with Gasteiger partial charge in [0.25, 0.3) is 0 Å². The Hall–Kier alpha value is -0.720. The van der Waals surface area contributed by atoms with E-state index in [-0.39, 0.29) is 0 Å². The lowest BCUT2D eigenvalue weighted by molar-refractivity contribution is 0.255. The lowest BCUT2D eigenvalue weighted by atomic mass is 10.1. The lowest BCUT2D eigenvalue weighted by Crippen LogP contribution is -2.26. The molecule has 0 aliphatic carbocycles. The molecule has 3 N–H and O–H groups in total. The highest BCUT2D eigenvalue weighted by Gasteiger charge is 2.26. The molecule has 84 valence electrons. The van der Waals surface area contributed by atoms with E-state index in [1.165, 1.54) is 17.8 Å². The molecule has 0 radical (unpaired) electrons. The molecule has 6 heteroatoms. The third-order valence-electron chi connectivity index (χ3n) is 2.84. The summed E-state index contributed by atoms with van der Waals surface area (Å²) in [7, 11) is 0. The summed E-state index contributed by atoms with van der Waals surface area (Å²) >= 11 is 1.52. The van der Waals surface area contributed by atoms with Crippen LogP contribution in [0.1, 0.15) is 25.3 Å². The first kappa shape index (κ1) is 10.8. The highest BCUT2D eigenvalue weighted by Crippen LogP contribution is 2.25. The van der Waals surface area contributed by atoms with Crippen molar-refractivity contribution in [1.82, 2.24) is 15.1 Å². The Morgan fingerprint density at radius 2 is 2.33 bits per heavy atom. The van der Waals surface area contributed by atoms with Gasteiger partial charge in [0.15, 0.2) is 0 Å². The summed E-state index contributed by atoms with van der Waals surface area (Å²) < 4.78 is 0. The van der Waals surface area contributed by atoms with Crippen molar-refractivity contribution < 1.29 is 0 Å². The van der Waals surface area contributed by atoms with Crippen molar-refractivity contribution in [3.05, 3.63) is 5.01 Å². The van der Waals surface area contributed by atoms with Gasteiger partial charge in [0.2, 0.25) is 5.13 Å². The van der Waals surface area contributed by atoms with Crippen LogP contribution in [0.15, 0.2) is 0 Å². The first-order chi connectivity index (χ1) is 7.19. The molecule has 1 fully saturated rings. The Bertz CT molecular complexity index is 326. The molecule has 2 heterocycles. The molecule has 0 spiro atoms. The lowest BCUT2D eigenvalue weighted by Gasteiger charge is -2.18. The number of nitrogens with one attached hydrogen (secondary N) is 1. The van der Waals surface area contributed by atoms with Crippen molar-refractivity contribution in [2.45, 2.75) is 32.9 Å². The van der Waals surface area contributed by atoms with Gasteiger partial charge >= 0.3 is 0 Å². The van der Waals surface area contributed by atoms with E-state index in [4.69, 9.17) is 5.84 Å². The monoisotopic (exact) mass is 227 g/mol. The molecule has 0 amide bonds. The summed E-state index contributed by atoms with van der Waals surface area (Å²) in [6, 6.07) is 0.651. The van der Waals surface area contributed by atoms with Crippen LogP contribution in [0.5, 0.6) is 0 Å². The van der Waals surface area contributed by atoms with Crippen LogP contribution in [0.3, 0.4) is 0 Å². The second-order valence-corrected chi connectivity index (χ2v) is 5.33. The van der Waals surface area contributed by atoms with Crippen LogP contribution in [0.4, 0.5) is 5.13 Å². The molecular weight excluding hydrogens is 210 g/mol. The standard InChI is InChI=1S/C9H17N5S/c1-6-3-7(2)14(4-6)5-8-12-13-9(11-10)15-8/h6-7H,3-5,10H2,1-2H3,(H,11,13). The van der Waals surface area contributed by atoms with Gasteiger partial charge in [-0.05, 0) is 19.3 Å². The average Bonchev–Trinajstić information content (AvgIpc) is 2.75. The summed E-state index contributed by atoms with van der Waals surface area (Å²) in [6.07, 6.45) is 1.28. The zero-order valence-electron chi connectivity index (χ0n) is 9.10. The molecular formula is C9H17N5S. The fraction of sp³-hybridized carbons (Fsp3) is 0.778. The van der Waals surface area contributed by atoms with E-state index in [1.54, 1.807) is 0 Å². The molecule has 1 aromatic heterocycles. The van der Waals surface area contributed by atoms with Crippen LogP contribution in [0, 0.1) is 5.92 Å². The summed E-state index contributed by atoms with van der Waals surface area (Å²) in [6.45, 7) is 6.62. The van der Waals surface area contributed by atoms with Crippen LogP contribution in [0.2, 0.25) is 0 Å². The second-order valence-electron chi connectivity index (χ2n) is 4.26.